The Hall–Kier alpha value is -1.27. The van der Waals surface area contributed by atoms with Crippen molar-refractivity contribution >= 4 is 0 Å². The first kappa shape index (κ1) is 13.8. The summed E-state index contributed by atoms with van der Waals surface area (Å²) < 4.78 is 1.95. The van der Waals surface area contributed by atoms with Crippen LogP contribution < -0.4 is 5.32 Å². The van der Waals surface area contributed by atoms with E-state index >= 15 is 0 Å². The highest BCUT2D eigenvalue weighted by molar-refractivity contribution is 5.33. The average molecular weight is 233 g/mol. The van der Waals surface area contributed by atoms with Gasteiger partial charge in [-0.05, 0) is 31.5 Å². The molecular formula is C14H23N3. The molecular weight excluding hydrogens is 210 g/mol. The number of unbranched alkanes of at least 4 members (excludes halogenated alkanes) is 3. The van der Waals surface area contributed by atoms with Crippen molar-refractivity contribution in [1.29, 1.82) is 5.26 Å². The summed E-state index contributed by atoms with van der Waals surface area (Å²) in [6, 6.07) is 4.19. The molecule has 0 atom stereocenters. The molecule has 1 aromatic rings. The number of aromatic nitrogens is 1. The highest BCUT2D eigenvalue weighted by Gasteiger charge is 2.07. The summed E-state index contributed by atoms with van der Waals surface area (Å²) in [4.78, 5) is 0. The van der Waals surface area contributed by atoms with Crippen molar-refractivity contribution in [2.45, 2.75) is 46.1 Å². The lowest BCUT2D eigenvalue weighted by atomic mass is 10.2. The maximum absolute atomic E-state index is 8.93. The summed E-state index contributed by atoms with van der Waals surface area (Å²) in [6.45, 7) is 6.23. The molecule has 0 amide bonds. The summed E-state index contributed by atoms with van der Waals surface area (Å²) in [7, 11) is 1.94. The standard InChI is InChI=1S/C14H23N3/c1-4-5-6-7-8-16-11-13-9-14(10-15)17(3)12(13)2/h9,16H,4-8,11H2,1-3H3. The van der Waals surface area contributed by atoms with Gasteiger partial charge in [-0.2, -0.15) is 5.26 Å². The Labute approximate surface area is 104 Å². The van der Waals surface area contributed by atoms with E-state index < -0.39 is 0 Å². The van der Waals surface area contributed by atoms with Crippen LogP contribution in [0.25, 0.3) is 0 Å². The van der Waals surface area contributed by atoms with E-state index in [2.05, 4.69) is 25.2 Å². The molecule has 0 radical (unpaired) electrons. The maximum atomic E-state index is 8.93. The van der Waals surface area contributed by atoms with E-state index in [4.69, 9.17) is 5.26 Å². The van der Waals surface area contributed by atoms with Gasteiger partial charge in [0.05, 0.1) is 0 Å². The molecule has 0 bridgehead atoms. The summed E-state index contributed by atoms with van der Waals surface area (Å²) in [5.74, 6) is 0. The van der Waals surface area contributed by atoms with Crippen LogP contribution in [0.1, 0.15) is 49.6 Å². The third-order valence-electron chi connectivity index (χ3n) is 3.28. The predicted octanol–water partition coefficient (Wildman–Crippen LogP) is 2.88. The van der Waals surface area contributed by atoms with Gasteiger partial charge in [-0.1, -0.05) is 26.2 Å². The van der Waals surface area contributed by atoms with Crippen LogP contribution in [0.3, 0.4) is 0 Å². The summed E-state index contributed by atoms with van der Waals surface area (Å²) in [6.07, 6.45) is 5.15. The quantitative estimate of drug-likeness (QED) is 0.736. The molecule has 0 saturated heterocycles. The fourth-order valence-electron chi connectivity index (χ4n) is 1.95. The molecule has 0 unspecified atom stereocenters. The largest absolute Gasteiger partial charge is 0.340 e. The van der Waals surface area contributed by atoms with Crippen molar-refractivity contribution in [3.63, 3.8) is 0 Å². The lowest BCUT2D eigenvalue weighted by Crippen LogP contribution is -2.15. The predicted molar refractivity (Wildman–Crippen MR) is 70.7 cm³/mol. The molecule has 0 spiro atoms. The van der Waals surface area contributed by atoms with Crippen molar-refractivity contribution in [3.05, 3.63) is 23.0 Å². The van der Waals surface area contributed by atoms with E-state index in [9.17, 15) is 0 Å². The monoisotopic (exact) mass is 233 g/mol. The van der Waals surface area contributed by atoms with Gasteiger partial charge in [0.15, 0.2) is 0 Å². The zero-order valence-corrected chi connectivity index (χ0v) is 11.2. The van der Waals surface area contributed by atoms with Gasteiger partial charge in [-0.15, -0.1) is 0 Å². The van der Waals surface area contributed by atoms with Crippen molar-refractivity contribution in [3.8, 4) is 6.07 Å². The molecule has 1 rings (SSSR count). The van der Waals surface area contributed by atoms with E-state index in [1.807, 2.05) is 17.7 Å². The fourth-order valence-corrected chi connectivity index (χ4v) is 1.95. The van der Waals surface area contributed by atoms with Crippen molar-refractivity contribution in [1.82, 2.24) is 9.88 Å². The molecule has 17 heavy (non-hydrogen) atoms. The first-order valence-electron chi connectivity index (χ1n) is 6.46. The first-order chi connectivity index (χ1) is 8.20. The first-order valence-corrected chi connectivity index (χ1v) is 6.46. The zero-order chi connectivity index (χ0) is 12.7. The molecule has 0 aliphatic carbocycles. The SMILES string of the molecule is CCCCCCNCc1cc(C#N)n(C)c1C. The Morgan fingerprint density at radius 1 is 1.35 bits per heavy atom. The summed E-state index contributed by atoms with van der Waals surface area (Å²) in [5, 5.41) is 12.4. The van der Waals surface area contributed by atoms with Crippen LogP contribution in [0, 0.1) is 18.3 Å². The van der Waals surface area contributed by atoms with E-state index in [1.165, 1.54) is 36.9 Å². The van der Waals surface area contributed by atoms with Crippen LogP contribution in [0.15, 0.2) is 6.07 Å². The molecule has 94 valence electrons. The smallest absolute Gasteiger partial charge is 0.120 e. The Balaban J connectivity index is 2.35. The van der Waals surface area contributed by atoms with Crippen LogP contribution in [-0.4, -0.2) is 11.1 Å². The molecule has 0 aliphatic rings. The van der Waals surface area contributed by atoms with Crippen LogP contribution in [0.4, 0.5) is 0 Å². The van der Waals surface area contributed by atoms with E-state index in [0.29, 0.717) is 0 Å². The Morgan fingerprint density at radius 2 is 2.12 bits per heavy atom. The molecule has 3 nitrogen and oxygen atoms in total. The molecule has 0 fully saturated rings. The van der Waals surface area contributed by atoms with E-state index in [-0.39, 0.29) is 0 Å². The minimum Gasteiger partial charge on any atom is -0.340 e. The number of rotatable bonds is 7. The molecule has 1 N–H and O–H groups in total. The fraction of sp³-hybridized carbons (Fsp3) is 0.643. The lowest BCUT2D eigenvalue weighted by molar-refractivity contribution is 0.596. The van der Waals surface area contributed by atoms with Gasteiger partial charge in [0, 0.05) is 19.3 Å². The second-order valence-electron chi connectivity index (χ2n) is 4.55. The van der Waals surface area contributed by atoms with Gasteiger partial charge < -0.3 is 9.88 Å². The topological polar surface area (TPSA) is 40.8 Å². The third-order valence-corrected chi connectivity index (χ3v) is 3.28. The zero-order valence-electron chi connectivity index (χ0n) is 11.2. The summed E-state index contributed by atoms with van der Waals surface area (Å²) in [5.41, 5.74) is 3.16. The number of nitrogens with zero attached hydrogens (tertiary/aromatic N) is 2. The Morgan fingerprint density at radius 3 is 2.71 bits per heavy atom. The average Bonchev–Trinajstić information content (AvgIpc) is 2.61. The van der Waals surface area contributed by atoms with Gasteiger partial charge in [-0.3, -0.25) is 0 Å². The number of nitriles is 1. The Bertz CT molecular complexity index is 385. The second-order valence-corrected chi connectivity index (χ2v) is 4.55. The van der Waals surface area contributed by atoms with Crippen molar-refractivity contribution in [2.75, 3.05) is 6.54 Å². The van der Waals surface area contributed by atoms with E-state index in [1.54, 1.807) is 0 Å². The van der Waals surface area contributed by atoms with Crippen LogP contribution >= 0.6 is 0 Å². The molecule has 3 heteroatoms. The van der Waals surface area contributed by atoms with Gasteiger partial charge in [-0.25, -0.2) is 0 Å². The number of nitrogens with one attached hydrogen (secondary N) is 1. The molecule has 0 aliphatic heterocycles. The number of hydrogen-bond donors (Lipinski definition) is 1. The minimum absolute atomic E-state index is 0.741. The highest BCUT2D eigenvalue weighted by atomic mass is 15.0. The van der Waals surface area contributed by atoms with Gasteiger partial charge in [0.25, 0.3) is 0 Å². The van der Waals surface area contributed by atoms with Gasteiger partial charge >= 0.3 is 0 Å². The van der Waals surface area contributed by atoms with Crippen LogP contribution in [0.2, 0.25) is 0 Å². The molecule has 1 aromatic heterocycles. The maximum Gasteiger partial charge on any atom is 0.120 e. The minimum atomic E-state index is 0.741. The molecule has 1 heterocycles. The Kier molecular flexibility index (Phi) is 5.79. The highest BCUT2D eigenvalue weighted by Crippen LogP contribution is 2.12. The van der Waals surface area contributed by atoms with E-state index in [0.717, 1.165) is 18.8 Å². The van der Waals surface area contributed by atoms with Gasteiger partial charge in [0.1, 0.15) is 11.8 Å². The molecule has 0 aromatic carbocycles. The second kappa shape index (κ2) is 7.13. The molecule has 0 saturated carbocycles. The number of hydrogen-bond acceptors (Lipinski definition) is 2. The normalized spacial score (nSPS) is 10.5. The summed E-state index contributed by atoms with van der Waals surface area (Å²) >= 11 is 0. The van der Waals surface area contributed by atoms with Crippen LogP contribution in [-0.2, 0) is 13.6 Å². The van der Waals surface area contributed by atoms with Crippen LogP contribution in [0.5, 0.6) is 0 Å². The third kappa shape index (κ3) is 3.90. The van der Waals surface area contributed by atoms with Gasteiger partial charge in [0.2, 0.25) is 0 Å². The lowest BCUT2D eigenvalue weighted by Gasteiger charge is -2.05. The van der Waals surface area contributed by atoms with Crippen molar-refractivity contribution in [2.24, 2.45) is 7.05 Å². The van der Waals surface area contributed by atoms with Crippen molar-refractivity contribution < 1.29 is 0 Å².